The molecule has 0 amide bonds. The summed E-state index contributed by atoms with van der Waals surface area (Å²) < 4.78 is 14.9. The lowest BCUT2D eigenvalue weighted by atomic mass is 9.79. The third-order valence-electron chi connectivity index (χ3n) is 5.12. The van der Waals surface area contributed by atoms with Gasteiger partial charge in [-0.25, -0.2) is 14.8 Å². The van der Waals surface area contributed by atoms with Crippen molar-refractivity contribution in [2.45, 2.75) is 57.8 Å². The molecule has 0 radical (unpaired) electrons. The van der Waals surface area contributed by atoms with Gasteiger partial charge in [0.2, 0.25) is 11.8 Å². The van der Waals surface area contributed by atoms with Gasteiger partial charge in [0.15, 0.2) is 5.41 Å². The third kappa shape index (κ3) is 7.44. The molecular formula is C25H33N3O6. The highest BCUT2D eigenvalue weighted by Gasteiger charge is 2.41. The van der Waals surface area contributed by atoms with Crippen molar-refractivity contribution in [2.24, 2.45) is 0 Å². The highest BCUT2D eigenvalue weighted by atomic mass is 16.5. The predicted molar refractivity (Wildman–Crippen MR) is 126 cm³/mol. The fraction of sp³-hybridized carbons (Fsp3) is 0.480. The average Bonchev–Trinajstić information content (AvgIpc) is 2.86. The lowest BCUT2D eigenvalue weighted by Crippen LogP contribution is -2.36. The van der Waals surface area contributed by atoms with Crippen molar-refractivity contribution < 1.29 is 28.9 Å². The van der Waals surface area contributed by atoms with Crippen LogP contribution in [0.2, 0.25) is 0 Å². The predicted octanol–water partition coefficient (Wildman–Crippen LogP) is 4.27. The largest absolute Gasteiger partial charge is 0.481 e. The number of hydrogen-bond donors (Lipinski definition) is 1. The second-order valence-corrected chi connectivity index (χ2v) is 7.39. The number of nitriles is 1. The van der Waals surface area contributed by atoms with Gasteiger partial charge < -0.3 is 19.3 Å². The van der Waals surface area contributed by atoms with Crippen LogP contribution in [0.15, 0.2) is 36.7 Å². The molecule has 0 aliphatic heterocycles. The summed E-state index contributed by atoms with van der Waals surface area (Å²) in [6, 6.07) is 8.85. The molecule has 2 aromatic heterocycles. The van der Waals surface area contributed by atoms with Gasteiger partial charge in [-0.2, -0.15) is 5.26 Å². The first kappa shape index (κ1) is 28.4. The minimum atomic E-state index is -1.29. The van der Waals surface area contributed by atoms with Crippen molar-refractivity contribution in [1.82, 2.24) is 9.97 Å². The Bertz CT molecular complexity index is 941. The summed E-state index contributed by atoms with van der Waals surface area (Å²) in [4.78, 5) is 31.2. The molecular weight excluding hydrogens is 438 g/mol. The molecule has 2 atom stereocenters. The Hall–Kier alpha value is -3.67. The molecule has 9 heteroatoms. The van der Waals surface area contributed by atoms with Gasteiger partial charge in [0.05, 0.1) is 32.8 Å². The molecule has 1 N–H and O–H groups in total. The Morgan fingerprint density at radius 2 is 1.65 bits per heavy atom. The molecule has 2 unspecified atom stereocenters. The molecule has 34 heavy (non-hydrogen) atoms. The molecule has 9 nitrogen and oxygen atoms in total. The van der Waals surface area contributed by atoms with Crippen LogP contribution >= 0.6 is 0 Å². The van der Waals surface area contributed by atoms with E-state index in [1.54, 1.807) is 37.4 Å². The van der Waals surface area contributed by atoms with E-state index < -0.39 is 23.3 Å². The maximum absolute atomic E-state index is 12.1. The molecule has 0 aliphatic carbocycles. The minimum Gasteiger partial charge on any atom is -0.481 e. The van der Waals surface area contributed by atoms with Crippen LogP contribution in [0.1, 0.15) is 63.5 Å². The van der Waals surface area contributed by atoms with E-state index in [0.717, 1.165) is 12.0 Å². The van der Waals surface area contributed by atoms with E-state index >= 15 is 0 Å². The maximum atomic E-state index is 12.1. The van der Waals surface area contributed by atoms with Crippen molar-refractivity contribution in [1.29, 1.82) is 5.26 Å². The molecule has 2 rings (SSSR count). The smallest absolute Gasteiger partial charge is 0.331 e. The molecule has 0 aliphatic rings. The number of rotatable bonds is 11. The van der Waals surface area contributed by atoms with Crippen LogP contribution in [0.25, 0.3) is 0 Å². The van der Waals surface area contributed by atoms with E-state index in [-0.39, 0.29) is 6.61 Å². The van der Waals surface area contributed by atoms with Crippen LogP contribution < -0.4 is 9.47 Å². The number of esters is 1. The Morgan fingerprint density at radius 1 is 1.03 bits per heavy atom. The number of methoxy groups -OCH3 is 2. The SMILES string of the molecule is CCCC(C#N)(C(=O)OCC)c1ccc(OC)nc1.CCCC(C(=O)O)c1ccc(OC)nc1. The first-order chi connectivity index (χ1) is 16.3. The first-order valence-electron chi connectivity index (χ1n) is 11.1. The molecule has 0 spiro atoms. The lowest BCUT2D eigenvalue weighted by Gasteiger charge is -2.24. The summed E-state index contributed by atoms with van der Waals surface area (Å²) in [5, 5.41) is 18.5. The van der Waals surface area contributed by atoms with E-state index in [1.165, 1.54) is 20.4 Å². The average molecular weight is 472 g/mol. The van der Waals surface area contributed by atoms with Crippen molar-refractivity contribution in [3.05, 3.63) is 47.8 Å². The molecule has 0 fully saturated rings. The number of aromatic nitrogens is 2. The van der Waals surface area contributed by atoms with E-state index in [4.69, 9.17) is 19.3 Å². The summed E-state index contributed by atoms with van der Waals surface area (Å²) in [5.74, 6) is -0.848. The fourth-order valence-electron chi connectivity index (χ4n) is 3.35. The second kappa shape index (κ2) is 14.5. The van der Waals surface area contributed by atoms with E-state index in [9.17, 15) is 14.9 Å². The molecule has 0 aromatic carbocycles. The minimum absolute atomic E-state index is 0.246. The molecule has 2 heterocycles. The van der Waals surface area contributed by atoms with Gasteiger partial charge in [-0.15, -0.1) is 0 Å². The van der Waals surface area contributed by atoms with Crippen LogP contribution in [-0.2, 0) is 19.7 Å². The zero-order valence-corrected chi connectivity index (χ0v) is 20.4. The lowest BCUT2D eigenvalue weighted by molar-refractivity contribution is -0.148. The van der Waals surface area contributed by atoms with Crippen LogP contribution in [0.4, 0.5) is 0 Å². The van der Waals surface area contributed by atoms with Crippen LogP contribution in [0.5, 0.6) is 11.8 Å². The number of nitrogens with zero attached hydrogens (tertiary/aromatic N) is 3. The number of carboxylic acids is 1. The molecule has 184 valence electrons. The summed E-state index contributed by atoms with van der Waals surface area (Å²) in [6.45, 7) is 5.85. The van der Waals surface area contributed by atoms with Gasteiger partial charge in [0.25, 0.3) is 0 Å². The molecule has 2 aromatic rings. The summed E-state index contributed by atoms with van der Waals surface area (Å²) in [7, 11) is 3.04. The number of aliphatic carboxylic acids is 1. The van der Waals surface area contributed by atoms with Gasteiger partial charge in [0.1, 0.15) is 0 Å². The number of carboxylic acid groups (broad SMARTS) is 1. The van der Waals surface area contributed by atoms with Gasteiger partial charge in [-0.05, 0) is 31.4 Å². The van der Waals surface area contributed by atoms with E-state index in [0.29, 0.717) is 36.6 Å². The first-order valence-corrected chi connectivity index (χ1v) is 11.1. The maximum Gasteiger partial charge on any atom is 0.331 e. The number of carbonyl (C=O) groups excluding carboxylic acids is 1. The molecule has 0 bridgehead atoms. The number of carbonyl (C=O) groups is 2. The van der Waals surface area contributed by atoms with Crippen molar-refractivity contribution in [3.63, 3.8) is 0 Å². The summed E-state index contributed by atoms with van der Waals surface area (Å²) in [5.41, 5.74) is -0.0226. The highest BCUT2D eigenvalue weighted by molar-refractivity contribution is 5.86. The summed E-state index contributed by atoms with van der Waals surface area (Å²) >= 11 is 0. The fourth-order valence-corrected chi connectivity index (χ4v) is 3.35. The quantitative estimate of drug-likeness (QED) is 0.477. The zero-order valence-electron chi connectivity index (χ0n) is 20.4. The third-order valence-corrected chi connectivity index (χ3v) is 5.12. The van der Waals surface area contributed by atoms with Gasteiger partial charge >= 0.3 is 11.9 Å². The standard InChI is InChI=1S/C14H18N2O3.C11H15NO3/c1-4-8-14(10-15,13(17)19-5-2)11-6-7-12(18-3)16-9-11;1-3-4-9(11(13)14)8-5-6-10(15-2)12-7-8/h6-7,9H,4-5,8H2,1-3H3;5-7,9H,3-4H2,1-2H3,(H,13,14). The Labute approximate surface area is 200 Å². The topological polar surface area (TPSA) is 132 Å². The van der Waals surface area contributed by atoms with E-state index in [1.807, 2.05) is 13.8 Å². The van der Waals surface area contributed by atoms with E-state index in [2.05, 4.69) is 16.0 Å². The number of hydrogen-bond acceptors (Lipinski definition) is 8. The Balaban J connectivity index is 0.000000350. The van der Waals surface area contributed by atoms with Crippen molar-refractivity contribution in [3.8, 4) is 17.8 Å². The Morgan fingerprint density at radius 3 is 2.03 bits per heavy atom. The number of ether oxygens (including phenoxy) is 3. The summed E-state index contributed by atoms with van der Waals surface area (Å²) in [6.07, 6.45) is 5.61. The van der Waals surface area contributed by atoms with Crippen molar-refractivity contribution >= 4 is 11.9 Å². The van der Waals surface area contributed by atoms with Crippen LogP contribution in [-0.4, -0.2) is 47.8 Å². The molecule has 0 saturated heterocycles. The monoisotopic (exact) mass is 471 g/mol. The molecule has 0 saturated carbocycles. The van der Waals surface area contributed by atoms with Crippen molar-refractivity contribution in [2.75, 3.05) is 20.8 Å². The number of pyridine rings is 2. The second-order valence-electron chi connectivity index (χ2n) is 7.39. The van der Waals surface area contributed by atoms with Crippen LogP contribution in [0, 0.1) is 11.3 Å². The zero-order chi connectivity index (χ0) is 25.6. The van der Waals surface area contributed by atoms with Crippen LogP contribution in [0.3, 0.4) is 0 Å². The van der Waals surface area contributed by atoms with Gasteiger partial charge in [-0.3, -0.25) is 4.79 Å². The highest BCUT2D eigenvalue weighted by Crippen LogP contribution is 2.31. The van der Waals surface area contributed by atoms with Gasteiger partial charge in [-0.1, -0.05) is 32.8 Å². The Kier molecular flexibility index (Phi) is 12.1. The van der Waals surface area contributed by atoms with Gasteiger partial charge in [0, 0.05) is 30.1 Å². The normalized spacial score (nSPS) is 12.7.